The lowest BCUT2D eigenvalue weighted by molar-refractivity contribution is 0.0690. The Bertz CT molecular complexity index is 648. The van der Waals surface area contributed by atoms with Crippen LogP contribution in [0.3, 0.4) is 0 Å². The summed E-state index contributed by atoms with van der Waals surface area (Å²) in [5.74, 6) is 0.356. The molecule has 7 nitrogen and oxygen atoms in total. The monoisotopic (exact) mass is 289 g/mol. The van der Waals surface area contributed by atoms with Gasteiger partial charge < -0.3 is 19.7 Å². The van der Waals surface area contributed by atoms with Gasteiger partial charge in [-0.05, 0) is 31.2 Å². The fraction of sp³-hybridized carbons (Fsp3) is 0.214. The maximum absolute atomic E-state index is 12.0. The van der Waals surface area contributed by atoms with E-state index >= 15 is 0 Å². The van der Waals surface area contributed by atoms with Gasteiger partial charge in [-0.2, -0.15) is 0 Å². The van der Waals surface area contributed by atoms with Crippen molar-refractivity contribution in [1.29, 1.82) is 0 Å². The molecule has 0 aliphatic carbocycles. The topological polar surface area (TPSA) is 95.7 Å². The number of hydrogen-bond donors (Lipinski definition) is 2. The van der Waals surface area contributed by atoms with Gasteiger partial charge in [0.1, 0.15) is 17.2 Å². The number of aryl methyl sites for hydroxylation is 1. The summed E-state index contributed by atoms with van der Waals surface area (Å²) in [6, 6.07) is 6.11. The Balaban J connectivity index is 1.95. The Morgan fingerprint density at radius 2 is 2.10 bits per heavy atom. The van der Waals surface area contributed by atoms with Gasteiger partial charge in [0, 0.05) is 7.05 Å². The van der Waals surface area contributed by atoms with Crippen LogP contribution in [0.4, 0.5) is 10.5 Å². The Kier molecular flexibility index (Phi) is 4.22. The number of pyridine rings is 1. The van der Waals surface area contributed by atoms with Gasteiger partial charge >= 0.3 is 12.0 Å². The van der Waals surface area contributed by atoms with Crippen molar-refractivity contribution in [2.24, 2.45) is 0 Å². The van der Waals surface area contributed by atoms with Crippen LogP contribution in [0.5, 0.6) is 0 Å². The van der Waals surface area contributed by atoms with Crippen LogP contribution < -0.4 is 5.32 Å². The number of carbonyl (C=O) groups excluding carboxylic acids is 1. The molecule has 0 spiro atoms. The maximum Gasteiger partial charge on any atom is 0.354 e. The first-order valence-electron chi connectivity index (χ1n) is 6.22. The molecule has 0 radical (unpaired) electrons. The molecule has 0 aromatic carbocycles. The summed E-state index contributed by atoms with van der Waals surface area (Å²) in [4.78, 5) is 27.8. The fourth-order valence-electron chi connectivity index (χ4n) is 1.69. The molecule has 0 unspecified atom stereocenters. The molecule has 0 saturated heterocycles. The SMILES string of the molecule is Cc1ccc(CN(C)C(=O)Nc2ccc(C(=O)O)nc2)o1. The summed E-state index contributed by atoms with van der Waals surface area (Å²) < 4.78 is 5.40. The Morgan fingerprint density at radius 3 is 2.62 bits per heavy atom. The van der Waals surface area contributed by atoms with E-state index in [1.54, 1.807) is 7.05 Å². The standard InChI is InChI=1S/C14H15N3O4/c1-9-3-5-11(21-9)8-17(2)14(20)16-10-4-6-12(13(18)19)15-7-10/h3-7H,8H2,1-2H3,(H,16,20)(H,18,19). The lowest BCUT2D eigenvalue weighted by Gasteiger charge is -2.16. The van der Waals surface area contributed by atoms with Gasteiger partial charge in [-0.25, -0.2) is 14.6 Å². The highest BCUT2D eigenvalue weighted by atomic mass is 16.4. The lowest BCUT2D eigenvalue weighted by atomic mass is 10.3. The quantitative estimate of drug-likeness (QED) is 0.900. The van der Waals surface area contributed by atoms with Crippen LogP contribution in [0, 0.1) is 6.92 Å². The minimum atomic E-state index is -1.11. The molecular weight excluding hydrogens is 274 g/mol. The van der Waals surface area contributed by atoms with E-state index in [4.69, 9.17) is 9.52 Å². The lowest BCUT2D eigenvalue weighted by Crippen LogP contribution is -2.30. The third-order valence-corrected chi connectivity index (χ3v) is 2.77. The number of anilines is 1. The zero-order valence-electron chi connectivity index (χ0n) is 11.7. The molecule has 2 aromatic rings. The molecule has 0 saturated carbocycles. The molecule has 2 amide bonds. The number of rotatable bonds is 4. The molecule has 110 valence electrons. The average molecular weight is 289 g/mol. The molecule has 2 heterocycles. The highest BCUT2D eigenvalue weighted by molar-refractivity contribution is 5.90. The highest BCUT2D eigenvalue weighted by Gasteiger charge is 2.12. The van der Waals surface area contributed by atoms with E-state index in [0.29, 0.717) is 18.0 Å². The van der Waals surface area contributed by atoms with E-state index in [1.165, 1.54) is 23.2 Å². The minimum absolute atomic E-state index is 0.0765. The number of furan rings is 1. The minimum Gasteiger partial charge on any atom is -0.477 e. The van der Waals surface area contributed by atoms with Crippen LogP contribution in [-0.4, -0.2) is 34.0 Å². The van der Waals surface area contributed by atoms with Crippen LogP contribution in [0.1, 0.15) is 22.0 Å². The van der Waals surface area contributed by atoms with E-state index in [-0.39, 0.29) is 11.7 Å². The molecule has 2 rings (SSSR count). The second-order valence-electron chi connectivity index (χ2n) is 4.54. The first kappa shape index (κ1) is 14.6. The van der Waals surface area contributed by atoms with Crippen LogP contribution in [0.25, 0.3) is 0 Å². The molecule has 0 aliphatic rings. The molecule has 2 aromatic heterocycles. The second-order valence-corrected chi connectivity index (χ2v) is 4.54. The van der Waals surface area contributed by atoms with Crippen LogP contribution >= 0.6 is 0 Å². The average Bonchev–Trinajstić information content (AvgIpc) is 2.84. The molecule has 21 heavy (non-hydrogen) atoms. The summed E-state index contributed by atoms with van der Waals surface area (Å²) in [5, 5.41) is 11.4. The van der Waals surface area contributed by atoms with E-state index in [9.17, 15) is 9.59 Å². The van der Waals surface area contributed by atoms with Crippen molar-refractivity contribution in [3.05, 3.63) is 47.7 Å². The molecule has 0 aliphatic heterocycles. The van der Waals surface area contributed by atoms with E-state index < -0.39 is 5.97 Å². The van der Waals surface area contributed by atoms with Gasteiger partial charge in [-0.1, -0.05) is 0 Å². The molecule has 7 heteroatoms. The third-order valence-electron chi connectivity index (χ3n) is 2.77. The third kappa shape index (κ3) is 3.82. The molecule has 2 N–H and O–H groups in total. The summed E-state index contributed by atoms with van der Waals surface area (Å²) in [6.07, 6.45) is 1.30. The van der Waals surface area contributed by atoms with Crippen molar-refractivity contribution >= 4 is 17.7 Å². The van der Waals surface area contributed by atoms with Gasteiger partial charge in [0.25, 0.3) is 0 Å². The molecule has 0 bridgehead atoms. The number of carboxylic acid groups (broad SMARTS) is 1. The summed E-state index contributed by atoms with van der Waals surface area (Å²) in [5.41, 5.74) is 0.347. The van der Waals surface area contributed by atoms with Gasteiger partial charge in [-0.15, -0.1) is 0 Å². The van der Waals surface area contributed by atoms with E-state index in [1.807, 2.05) is 19.1 Å². The van der Waals surface area contributed by atoms with Crippen LogP contribution in [0.15, 0.2) is 34.9 Å². The van der Waals surface area contributed by atoms with E-state index in [0.717, 1.165) is 5.76 Å². The number of nitrogens with zero attached hydrogens (tertiary/aromatic N) is 2. The maximum atomic E-state index is 12.0. The normalized spacial score (nSPS) is 10.2. The van der Waals surface area contributed by atoms with Crippen LogP contribution in [0.2, 0.25) is 0 Å². The Labute approximate surface area is 121 Å². The number of carbonyl (C=O) groups is 2. The predicted molar refractivity (Wildman–Crippen MR) is 75.1 cm³/mol. The number of hydrogen-bond acceptors (Lipinski definition) is 4. The van der Waals surface area contributed by atoms with Crippen LogP contribution in [-0.2, 0) is 6.54 Å². The second kappa shape index (κ2) is 6.08. The smallest absolute Gasteiger partial charge is 0.354 e. The molecule has 0 fully saturated rings. The van der Waals surface area contributed by atoms with Gasteiger partial charge in [-0.3, -0.25) is 0 Å². The summed E-state index contributed by atoms with van der Waals surface area (Å²) >= 11 is 0. The van der Waals surface area contributed by atoms with Gasteiger partial charge in [0.05, 0.1) is 18.4 Å². The zero-order valence-corrected chi connectivity index (χ0v) is 11.7. The zero-order chi connectivity index (χ0) is 15.4. The van der Waals surface area contributed by atoms with Crippen molar-refractivity contribution in [3.63, 3.8) is 0 Å². The number of aromatic carboxylic acids is 1. The number of carboxylic acids is 1. The van der Waals surface area contributed by atoms with Gasteiger partial charge in [0.15, 0.2) is 0 Å². The molecular formula is C14H15N3O4. The highest BCUT2D eigenvalue weighted by Crippen LogP contribution is 2.11. The number of amides is 2. The number of aromatic nitrogens is 1. The van der Waals surface area contributed by atoms with E-state index in [2.05, 4.69) is 10.3 Å². The van der Waals surface area contributed by atoms with Crippen molar-refractivity contribution in [3.8, 4) is 0 Å². The molecule has 0 atom stereocenters. The van der Waals surface area contributed by atoms with Crippen molar-refractivity contribution in [1.82, 2.24) is 9.88 Å². The largest absolute Gasteiger partial charge is 0.477 e. The van der Waals surface area contributed by atoms with Crippen molar-refractivity contribution in [2.45, 2.75) is 13.5 Å². The number of nitrogens with one attached hydrogen (secondary N) is 1. The van der Waals surface area contributed by atoms with Crippen molar-refractivity contribution in [2.75, 3.05) is 12.4 Å². The predicted octanol–water partition coefficient (Wildman–Crippen LogP) is 2.35. The first-order chi connectivity index (χ1) is 9.95. The summed E-state index contributed by atoms with van der Waals surface area (Å²) in [7, 11) is 1.63. The Morgan fingerprint density at radius 1 is 1.33 bits per heavy atom. The fourth-order valence-corrected chi connectivity index (χ4v) is 1.69. The summed E-state index contributed by atoms with van der Waals surface area (Å²) in [6.45, 7) is 2.17. The Hall–Kier alpha value is -2.83. The number of urea groups is 1. The first-order valence-corrected chi connectivity index (χ1v) is 6.22. The van der Waals surface area contributed by atoms with Gasteiger partial charge in [0.2, 0.25) is 0 Å². The van der Waals surface area contributed by atoms with Crippen molar-refractivity contribution < 1.29 is 19.1 Å².